The van der Waals surface area contributed by atoms with E-state index < -0.39 is 24.0 Å². The second-order valence-electron chi connectivity index (χ2n) is 4.62. The fourth-order valence-electron chi connectivity index (χ4n) is 2.27. The third-order valence-electron chi connectivity index (χ3n) is 3.29. The Bertz CT molecular complexity index is 339. The number of rotatable bonds is 5. The van der Waals surface area contributed by atoms with Crippen molar-refractivity contribution in [3.63, 3.8) is 0 Å². The molecular formula is C12H20N2O5. The molecule has 0 heterocycles. The minimum absolute atomic E-state index is 0.0462. The molecular weight excluding hydrogens is 252 g/mol. The Kier molecular flexibility index (Phi) is 6.11. The quantitative estimate of drug-likeness (QED) is 0.632. The molecule has 0 aromatic heterocycles. The van der Waals surface area contributed by atoms with E-state index in [-0.39, 0.29) is 12.5 Å². The molecule has 0 saturated heterocycles. The SMILES string of the molecule is COC(=O)CNC(=O)NC(C(=O)O)C1CCCCC1. The van der Waals surface area contributed by atoms with Crippen LogP contribution >= 0.6 is 0 Å². The molecule has 3 N–H and O–H groups in total. The largest absolute Gasteiger partial charge is 0.480 e. The number of urea groups is 1. The molecule has 1 atom stereocenters. The summed E-state index contributed by atoms with van der Waals surface area (Å²) in [6.07, 6.45) is 4.68. The first kappa shape index (κ1) is 15.3. The molecule has 0 aliphatic heterocycles. The van der Waals surface area contributed by atoms with Crippen LogP contribution in [0.15, 0.2) is 0 Å². The minimum Gasteiger partial charge on any atom is -0.480 e. The van der Waals surface area contributed by atoms with E-state index in [1.54, 1.807) is 0 Å². The molecule has 7 nitrogen and oxygen atoms in total. The van der Waals surface area contributed by atoms with Gasteiger partial charge in [0.05, 0.1) is 7.11 Å². The molecule has 0 bridgehead atoms. The maximum Gasteiger partial charge on any atom is 0.326 e. The van der Waals surface area contributed by atoms with Gasteiger partial charge in [-0.3, -0.25) is 4.79 Å². The molecule has 1 unspecified atom stereocenters. The first-order chi connectivity index (χ1) is 9.04. The number of carboxylic acid groups (broad SMARTS) is 1. The highest BCUT2D eigenvalue weighted by molar-refractivity contribution is 5.85. The zero-order chi connectivity index (χ0) is 14.3. The summed E-state index contributed by atoms with van der Waals surface area (Å²) in [6, 6.07) is -1.57. The normalized spacial score (nSPS) is 17.3. The van der Waals surface area contributed by atoms with Gasteiger partial charge in [-0.15, -0.1) is 0 Å². The Balaban J connectivity index is 2.46. The number of ether oxygens (including phenoxy) is 1. The van der Waals surface area contributed by atoms with Gasteiger partial charge in [0.15, 0.2) is 0 Å². The van der Waals surface area contributed by atoms with Crippen molar-refractivity contribution in [2.75, 3.05) is 13.7 Å². The Morgan fingerprint density at radius 1 is 1.26 bits per heavy atom. The monoisotopic (exact) mass is 272 g/mol. The second-order valence-corrected chi connectivity index (χ2v) is 4.62. The van der Waals surface area contributed by atoms with Crippen molar-refractivity contribution in [3.8, 4) is 0 Å². The lowest BCUT2D eigenvalue weighted by molar-refractivity contribution is -0.141. The van der Waals surface area contributed by atoms with Crippen LogP contribution in [0.4, 0.5) is 4.79 Å². The summed E-state index contributed by atoms with van der Waals surface area (Å²) >= 11 is 0. The molecule has 0 spiro atoms. The molecule has 108 valence electrons. The lowest BCUT2D eigenvalue weighted by atomic mass is 9.84. The number of carbonyl (C=O) groups excluding carboxylic acids is 2. The highest BCUT2D eigenvalue weighted by Gasteiger charge is 2.30. The van der Waals surface area contributed by atoms with E-state index in [1.165, 1.54) is 7.11 Å². The summed E-state index contributed by atoms with van der Waals surface area (Å²) in [6.45, 7) is -0.278. The predicted molar refractivity (Wildman–Crippen MR) is 66.5 cm³/mol. The van der Waals surface area contributed by atoms with Gasteiger partial charge < -0.3 is 20.5 Å². The maximum absolute atomic E-state index is 11.5. The highest BCUT2D eigenvalue weighted by Crippen LogP contribution is 2.26. The van der Waals surface area contributed by atoms with Crippen LogP contribution in [0.1, 0.15) is 32.1 Å². The molecule has 19 heavy (non-hydrogen) atoms. The number of esters is 1. The van der Waals surface area contributed by atoms with Crippen LogP contribution in [0.2, 0.25) is 0 Å². The molecule has 7 heteroatoms. The smallest absolute Gasteiger partial charge is 0.326 e. The van der Waals surface area contributed by atoms with Crippen molar-refractivity contribution in [1.29, 1.82) is 0 Å². The van der Waals surface area contributed by atoms with Crippen LogP contribution in [0.3, 0.4) is 0 Å². The molecule has 1 aliphatic carbocycles. The van der Waals surface area contributed by atoms with Gasteiger partial charge in [0, 0.05) is 0 Å². The van der Waals surface area contributed by atoms with E-state index in [0.717, 1.165) is 32.1 Å². The van der Waals surface area contributed by atoms with Gasteiger partial charge in [0.1, 0.15) is 12.6 Å². The van der Waals surface area contributed by atoms with Crippen molar-refractivity contribution in [1.82, 2.24) is 10.6 Å². The number of hydrogen-bond acceptors (Lipinski definition) is 4. The zero-order valence-electron chi connectivity index (χ0n) is 11.0. The van der Waals surface area contributed by atoms with E-state index in [4.69, 9.17) is 5.11 Å². The van der Waals surface area contributed by atoms with Crippen molar-refractivity contribution in [3.05, 3.63) is 0 Å². The van der Waals surface area contributed by atoms with Crippen molar-refractivity contribution in [2.45, 2.75) is 38.1 Å². The van der Waals surface area contributed by atoms with Gasteiger partial charge in [-0.05, 0) is 18.8 Å². The molecule has 1 saturated carbocycles. The summed E-state index contributed by atoms with van der Waals surface area (Å²) in [7, 11) is 1.21. The summed E-state index contributed by atoms with van der Waals surface area (Å²) < 4.78 is 4.37. The molecule has 0 aromatic rings. The molecule has 0 radical (unpaired) electrons. The van der Waals surface area contributed by atoms with Crippen molar-refractivity contribution in [2.24, 2.45) is 5.92 Å². The number of methoxy groups -OCH3 is 1. The summed E-state index contributed by atoms with van der Waals surface area (Å²) in [4.78, 5) is 33.6. The minimum atomic E-state index is -1.04. The Morgan fingerprint density at radius 3 is 2.42 bits per heavy atom. The van der Waals surface area contributed by atoms with E-state index in [0.29, 0.717) is 0 Å². The predicted octanol–water partition coefficient (Wildman–Crippen LogP) is 0.492. The lowest BCUT2D eigenvalue weighted by Gasteiger charge is -2.27. The van der Waals surface area contributed by atoms with Crippen LogP contribution in [-0.4, -0.2) is 42.8 Å². The lowest BCUT2D eigenvalue weighted by Crippen LogP contribution is -2.51. The van der Waals surface area contributed by atoms with Gasteiger partial charge in [0.25, 0.3) is 0 Å². The van der Waals surface area contributed by atoms with Gasteiger partial charge in [-0.25, -0.2) is 9.59 Å². The van der Waals surface area contributed by atoms with Gasteiger partial charge in [0.2, 0.25) is 0 Å². The highest BCUT2D eigenvalue weighted by atomic mass is 16.5. The number of carboxylic acids is 1. The molecule has 1 fully saturated rings. The fraction of sp³-hybridized carbons (Fsp3) is 0.750. The zero-order valence-corrected chi connectivity index (χ0v) is 11.0. The first-order valence-corrected chi connectivity index (χ1v) is 6.38. The third kappa shape index (κ3) is 5.15. The average molecular weight is 272 g/mol. The molecule has 0 aromatic carbocycles. The fourth-order valence-corrected chi connectivity index (χ4v) is 2.27. The van der Waals surface area contributed by atoms with Crippen LogP contribution < -0.4 is 10.6 Å². The Morgan fingerprint density at radius 2 is 1.89 bits per heavy atom. The van der Waals surface area contributed by atoms with Crippen LogP contribution in [0.25, 0.3) is 0 Å². The third-order valence-corrected chi connectivity index (χ3v) is 3.29. The number of aliphatic carboxylic acids is 1. The van der Waals surface area contributed by atoms with Gasteiger partial charge in [-0.1, -0.05) is 19.3 Å². The average Bonchev–Trinajstić information content (AvgIpc) is 2.42. The van der Waals surface area contributed by atoms with Crippen LogP contribution in [0.5, 0.6) is 0 Å². The maximum atomic E-state index is 11.5. The van der Waals surface area contributed by atoms with Crippen molar-refractivity contribution >= 4 is 18.0 Å². The van der Waals surface area contributed by atoms with Crippen LogP contribution in [0, 0.1) is 5.92 Å². The van der Waals surface area contributed by atoms with Gasteiger partial charge >= 0.3 is 18.0 Å². The van der Waals surface area contributed by atoms with E-state index >= 15 is 0 Å². The van der Waals surface area contributed by atoms with Gasteiger partial charge in [-0.2, -0.15) is 0 Å². The number of nitrogens with one attached hydrogen (secondary N) is 2. The summed E-state index contributed by atoms with van der Waals surface area (Å²) in [5, 5.41) is 13.8. The van der Waals surface area contributed by atoms with Crippen molar-refractivity contribution < 1.29 is 24.2 Å². The standard InChI is InChI=1S/C12H20N2O5/c1-19-9(15)7-13-12(18)14-10(11(16)17)8-5-3-2-4-6-8/h8,10H,2-7H2,1H3,(H,16,17)(H2,13,14,18). The topological polar surface area (TPSA) is 105 Å². The Hall–Kier alpha value is -1.79. The molecule has 1 rings (SSSR count). The van der Waals surface area contributed by atoms with E-state index in [1.807, 2.05) is 0 Å². The van der Waals surface area contributed by atoms with E-state index in [2.05, 4.69) is 15.4 Å². The second kappa shape index (κ2) is 7.60. The first-order valence-electron chi connectivity index (χ1n) is 6.38. The molecule has 2 amide bonds. The number of hydrogen-bond donors (Lipinski definition) is 3. The number of carbonyl (C=O) groups is 3. The summed E-state index contributed by atoms with van der Waals surface area (Å²) in [5.74, 6) is -1.67. The summed E-state index contributed by atoms with van der Waals surface area (Å²) in [5.41, 5.74) is 0. The molecule has 1 aliphatic rings. The Labute approximate surface area is 111 Å². The van der Waals surface area contributed by atoms with Crippen LogP contribution in [-0.2, 0) is 14.3 Å². The van der Waals surface area contributed by atoms with E-state index in [9.17, 15) is 14.4 Å². The number of amides is 2.